The van der Waals surface area contributed by atoms with Crippen LogP contribution >= 0.6 is 0 Å². The Bertz CT molecular complexity index is 251. The summed E-state index contributed by atoms with van der Waals surface area (Å²) >= 11 is 0. The van der Waals surface area contributed by atoms with Gasteiger partial charge >= 0.3 is 0 Å². The molecule has 0 bridgehead atoms. The quantitative estimate of drug-likeness (QED) is 0.746. The molecule has 3 nitrogen and oxygen atoms in total. The van der Waals surface area contributed by atoms with E-state index in [0.717, 1.165) is 12.2 Å². The molecule has 0 aliphatic heterocycles. The molecule has 1 atom stereocenters. The average molecular weight is 179 g/mol. The Kier molecular flexibility index (Phi) is 2.98. The Morgan fingerprint density at radius 1 is 1.31 bits per heavy atom. The highest BCUT2D eigenvalue weighted by molar-refractivity contribution is 4.93. The molecule has 2 N–H and O–H groups in total. The van der Waals surface area contributed by atoms with E-state index < -0.39 is 0 Å². The zero-order valence-electron chi connectivity index (χ0n) is 8.49. The van der Waals surface area contributed by atoms with Crippen LogP contribution in [-0.2, 0) is 6.42 Å². The van der Waals surface area contributed by atoms with Crippen molar-refractivity contribution < 1.29 is 0 Å². The lowest BCUT2D eigenvalue weighted by Crippen LogP contribution is -2.37. The smallest absolute Gasteiger partial charge is 0.129 e. The van der Waals surface area contributed by atoms with Crippen LogP contribution in [0.25, 0.3) is 0 Å². The molecule has 0 saturated carbocycles. The maximum atomic E-state index is 6.00. The fraction of sp³-hybridized carbons (Fsp3) is 0.600. The first kappa shape index (κ1) is 10.1. The van der Waals surface area contributed by atoms with Crippen LogP contribution in [0.5, 0.6) is 0 Å². The third-order valence-corrected chi connectivity index (χ3v) is 2.13. The average Bonchev–Trinajstić information content (AvgIpc) is 2.04. The van der Waals surface area contributed by atoms with Gasteiger partial charge in [0, 0.05) is 24.9 Å². The van der Waals surface area contributed by atoms with Crippen molar-refractivity contribution >= 4 is 0 Å². The van der Waals surface area contributed by atoms with Crippen LogP contribution < -0.4 is 5.73 Å². The van der Waals surface area contributed by atoms with Crippen LogP contribution in [-0.4, -0.2) is 16.0 Å². The second kappa shape index (κ2) is 3.83. The molecule has 3 heteroatoms. The maximum Gasteiger partial charge on any atom is 0.129 e. The molecule has 1 aromatic heterocycles. The molecule has 0 spiro atoms. The standard InChI is InChI=1S/C10H17N3/c1-10(2,3)8(11)7-9-12-5-4-6-13-9/h4-6,8H,7,11H2,1-3H3. The molecule has 1 aromatic rings. The molecule has 0 radical (unpaired) electrons. The van der Waals surface area contributed by atoms with E-state index in [4.69, 9.17) is 5.73 Å². The summed E-state index contributed by atoms with van der Waals surface area (Å²) in [5, 5.41) is 0. The fourth-order valence-corrected chi connectivity index (χ4v) is 0.938. The van der Waals surface area contributed by atoms with Gasteiger partial charge in [-0.3, -0.25) is 0 Å². The van der Waals surface area contributed by atoms with Crippen molar-refractivity contribution in [3.63, 3.8) is 0 Å². The topological polar surface area (TPSA) is 51.8 Å². The molecule has 13 heavy (non-hydrogen) atoms. The normalized spacial score (nSPS) is 14.2. The number of hydrogen-bond donors (Lipinski definition) is 1. The van der Waals surface area contributed by atoms with Crippen molar-refractivity contribution in [2.24, 2.45) is 11.1 Å². The van der Waals surface area contributed by atoms with Gasteiger partial charge in [-0.05, 0) is 11.5 Å². The third-order valence-electron chi connectivity index (χ3n) is 2.13. The number of aromatic nitrogens is 2. The predicted molar refractivity (Wildman–Crippen MR) is 53.2 cm³/mol. The van der Waals surface area contributed by atoms with E-state index in [1.807, 2.05) is 6.07 Å². The van der Waals surface area contributed by atoms with Crippen molar-refractivity contribution in [2.75, 3.05) is 0 Å². The summed E-state index contributed by atoms with van der Waals surface area (Å²) in [7, 11) is 0. The number of nitrogens with two attached hydrogens (primary N) is 1. The Morgan fingerprint density at radius 3 is 2.31 bits per heavy atom. The van der Waals surface area contributed by atoms with E-state index in [-0.39, 0.29) is 11.5 Å². The minimum atomic E-state index is 0.106. The van der Waals surface area contributed by atoms with E-state index in [0.29, 0.717) is 0 Å². The summed E-state index contributed by atoms with van der Waals surface area (Å²) in [6.45, 7) is 6.38. The largest absolute Gasteiger partial charge is 0.327 e. The first-order valence-corrected chi connectivity index (χ1v) is 4.51. The summed E-state index contributed by atoms with van der Waals surface area (Å²) in [5.74, 6) is 0.824. The summed E-state index contributed by atoms with van der Waals surface area (Å²) in [6, 6.07) is 1.92. The van der Waals surface area contributed by atoms with E-state index >= 15 is 0 Å². The van der Waals surface area contributed by atoms with Crippen molar-refractivity contribution in [3.8, 4) is 0 Å². The SMILES string of the molecule is CC(C)(C)C(N)Cc1ncccn1. The van der Waals surface area contributed by atoms with Gasteiger partial charge in [-0.2, -0.15) is 0 Å². The highest BCUT2D eigenvalue weighted by atomic mass is 14.9. The number of nitrogens with zero attached hydrogens (tertiary/aromatic N) is 2. The highest BCUT2D eigenvalue weighted by Crippen LogP contribution is 2.19. The molecule has 72 valence electrons. The molecule has 0 aliphatic rings. The second-order valence-electron chi connectivity index (χ2n) is 4.34. The molecule has 1 rings (SSSR count). The summed E-state index contributed by atoms with van der Waals surface area (Å²) in [5.41, 5.74) is 6.11. The minimum absolute atomic E-state index is 0.106. The van der Waals surface area contributed by atoms with Crippen molar-refractivity contribution in [1.82, 2.24) is 9.97 Å². The van der Waals surface area contributed by atoms with Gasteiger partial charge in [-0.25, -0.2) is 9.97 Å². The van der Waals surface area contributed by atoms with Crippen molar-refractivity contribution in [1.29, 1.82) is 0 Å². The summed E-state index contributed by atoms with van der Waals surface area (Å²) in [6.07, 6.45) is 4.24. The molecule has 0 amide bonds. The van der Waals surface area contributed by atoms with Crippen LogP contribution in [0.4, 0.5) is 0 Å². The Balaban J connectivity index is 2.61. The van der Waals surface area contributed by atoms with Gasteiger partial charge < -0.3 is 5.73 Å². The van der Waals surface area contributed by atoms with Gasteiger partial charge in [0.1, 0.15) is 5.82 Å². The second-order valence-corrected chi connectivity index (χ2v) is 4.34. The molecule has 1 heterocycles. The van der Waals surface area contributed by atoms with Crippen LogP contribution in [0.2, 0.25) is 0 Å². The van der Waals surface area contributed by atoms with Crippen LogP contribution in [0.15, 0.2) is 18.5 Å². The first-order valence-electron chi connectivity index (χ1n) is 4.51. The van der Waals surface area contributed by atoms with E-state index in [2.05, 4.69) is 30.7 Å². The molecule has 1 unspecified atom stereocenters. The van der Waals surface area contributed by atoms with Crippen LogP contribution in [0, 0.1) is 5.41 Å². The zero-order valence-corrected chi connectivity index (χ0v) is 8.49. The summed E-state index contributed by atoms with van der Waals surface area (Å²) in [4.78, 5) is 8.28. The predicted octanol–water partition coefficient (Wildman–Crippen LogP) is 1.39. The third kappa shape index (κ3) is 3.11. The number of hydrogen-bond acceptors (Lipinski definition) is 3. The van der Waals surface area contributed by atoms with Gasteiger partial charge in [-0.1, -0.05) is 20.8 Å². The van der Waals surface area contributed by atoms with Gasteiger partial charge in [-0.15, -0.1) is 0 Å². The van der Waals surface area contributed by atoms with Crippen LogP contribution in [0.1, 0.15) is 26.6 Å². The monoisotopic (exact) mass is 179 g/mol. The molecule has 0 aliphatic carbocycles. The number of rotatable bonds is 2. The minimum Gasteiger partial charge on any atom is -0.327 e. The lowest BCUT2D eigenvalue weighted by molar-refractivity contribution is 0.315. The first-order chi connectivity index (χ1) is 6.00. The van der Waals surface area contributed by atoms with Gasteiger partial charge in [0.25, 0.3) is 0 Å². The Morgan fingerprint density at radius 2 is 1.85 bits per heavy atom. The zero-order chi connectivity index (χ0) is 9.90. The maximum absolute atomic E-state index is 6.00. The van der Waals surface area contributed by atoms with E-state index in [9.17, 15) is 0 Å². The molecular weight excluding hydrogens is 162 g/mol. The van der Waals surface area contributed by atoms with Gasteiger partial charge in [0.15, 0.2) is 0 Å². The lowest BCUT2D eigenvalue weighted by atomic mass is 9.85. The Hall–Kier alpha value is -0.960. The summed E-state index contributed by atoms with van der Waals surface area (Å²) < 4.78 is 0. The highest BCUT2D eigenvalue weighted by Gasteiger charge is 2.21. The van der Waals surface area contributed by atoms with Crippen LogP contribution in [0.3, 0.4) is 0 Å². The van der Waals surface area contributed by atoms with E-state index in [1.54, 1.807) is 12.4 Å². The molecule has 0 saturated heterocycles. The van der Waals surface area contributed by atoms with Gasteiger partial charge in [0.2, 0.25) is 0 Å². The van der Waals surface area contributed by atoms with E-state index in [1.165, 1.54) is 0 Å². The molecule has 0 aromatic carbocycles. The Labute approximate surface area is 79.4 Å². The van der Waals surface area contributed by atoms with Gasteiger partial charge in [0.05, 0.1) is 0 Å². The van der Waals surface area contributed by atoms with Crippen molar-refractivity contribution in [3.05, 3.63) is 24.3 Å². The van der Waals surface area contributed by atoms with Crippen molar-refractivity contribution in [2.45, 2.75) is 33.2 Å². The molecule has 0 fully saturated rings. The fourth-order valence-electron chi connectivity index (χ4n) is 0.938. The molecular formula is C10H17N3. The lowest BCUT2D eigenvalue weighted by Gasteiger charge is -2.26.